The average Bonchev–Trinajstić information content (AvgIpc) is 3.04. The van der Waals surface area contributed by atoms with Crippen LogP contribution in [0.15, 0.2) is 0 Å². The third kappa shape index (κ3) is 11.3. The summed E-state index contributed by atoms with van der Waals surface area (Å²) in [5.41, 5.74) is 0. The largest absolute Gasteiger partial charge is 0.362 e. The highest BCUT2D eigenvalue weighted by Crippen LogP contribution is 2.26. The van der Waals surface area contributed by atoms with Gasteiger partial charge in [-0.3, -0.25) is 19.2 Å². The Hall–Kier alpha value is -2.52. The van der Waals surface area contributed by atoms with E-state index in [2.05, 4.69) is 21.3 Å². The first-order valence-corrected chi connectivity index (χ1v) is 15.7. The van der Waals surface area contributed by atoms with E-state index < -0.39 is 25.2 Å². The van der Waals surface area contributed by atoms with Crippen LogP contribution in [0.1, 0.15) is 25.7 Å². The molecule has 0 aromatic rings. The lowest BCUT2D eigenvalue weighted by atomic mass is 10.1. The highest BCUT2D eigenvalue weighted by Gasteiger charge is 2.39. The zero-order valence-corrected chi connectivity index (χ0v) is 25.6. The van der Waals surface area contributed by atoms with Gasteiger partial charge in [0.05, 0.1) is 26.4 Å². The topological polar surface area (TPSA) is 209 Å². The second kappa shape index (κ2) is 18.1. The molecule has 46 heavy (non-hydrogen) atoms. The second-order valence-corrected chi connectivity index (χ2v) is 11.3. The van der Waals surface area contributed by atoms with Crippen LogP contribution in [0.2, 0.25) is 0 Å². The van der Waals surface area contributed by atoms with Crippen molar-refractivity contribution in [2.45, 2.75) is 75.3 Å². The number of carbonyl (C=O) groups excluding carboxylic acids is 4. The molecule has 260 valence electrons. The van der Waals surface area contributed by atoms with E-state index in [0.29, 0.717) is 52.1 Å². The van der Waals surface area contributed by atoms with Crippen molar-refractivity contribution < 1.29 is 66.5 Å². The van der Waals surface area contributed by atoms with E-state index in [1.54, 1.807) is 0 Å². The third-order valence-corrected chi connectivity index (χ3v) is 7.66. The molecule has 12 rings (SSSR count). The van der Waals surface area contributed by atoms with E-state index in [1.165, 1.54) is 0 Å². The fraction of sp³-hybridized carbons (Fsp3) is 0.857. The van der Waals surface area contributed by atoms with E-state index in [1.807, 2.05) is 0 Å². The molecular formula is C28H44N4O14. The van der Waals surface area contributed by atoms with Gasteiger partial charge in [0, 0.05) is 51.9 Å². The summed E-state index contributed by atoms with van der Waals surface area (Å²) in [6.45, 7) is 1.24. The zero-order chi connectivity index (χ0) is 32.1. The van der Waals surface area contributed by atoms with E-state index in [4.69, 9.17) is 47.4 Å². The maximum atomic E-state index is 12.1. The van der Waals surface area contributed by atoms with E-state index in [-0.39, 0.29) is 101 Å². The summed E-state index contributed by atoms with van der Waals surface area (Å²) in [5.74, 6) is -1.47. The molecular weight excluding hydrogens is 616 g/mol. The van der Waals surface area contributed by atoms with Crippen molar-refractivity contribution in [3.05, 3.63) is 0 Å². The standard InChI is InChI=1S/C28H44N4O14/c33-21-13-37-14-22(34)30-7-3-27-41-11-20-19(45-27)12-42-28(46-20)4-8-32-24(36)16-38-15-23(35)31-6-2-26-40-10-17-18(44-26)9-39-25(43-17)1-5-29-21/h17-20,25-28H,1-16H2,(H,29,33)(H,30,34)(H,31,35)(H,32,36)/t17-,18-,19-,20-,25+,26+,27+,28+/m0/s1. The molecule has 4 N–H and O–H groups in total. The normalized spacial score (nSPS) is 37.0. The van der Waals surface area contributed by atoms with Crippen LogP contribution in [0.4, 0.5) is 0 Å². The van der Waals surface area contributed by atoms with Gasteiger partial charge in [0.1, 0.15) is 50.8 Å². The van der Waals surface area contributed by atoms with Crippen LogP contribution in [-0.4, -0.2) is 152 Å². The minimum atomic E-state index is -0.542. The molecule has 12 heterocycles. The molecule has 8 atom stereocenters. The minimum Gasteiger partial charge on any atom is -0.362 e. The van der Waals surface area contributed by atoms with Gasteiger partial charge in [0.15, 0.2) is 25.2 Å². The van der Waals surface area contributed by atoms with Gasteiger partial charge in [-0.25, -0.2) is 0 Å². The van der Waals surface area contributed by atoms with Crippen LogP contribution in [0, 0.1) is 0 Å². The summed E-state index contributed by atoms with van der Waals surface area (Å²) in [6, 6.07) is 0. The maximum absolute atomic E-state index is 12.1. The SMILES string of the molecule is O=C1COCC(=O)NCC[C@@H]2OC[C@@H]3O[C@H](CCNC(=O)COCC(=O)NCC[C@@H]4OC[C@@H]5O[C@H](CCN1)OC[C@@H]5O4)OC[C@@H]3O2. The lowest BCUT2D eigenvalue weighted by Crippen LogP contribution is -2.53. The van der Waals surface area contributed by atoms with Gasteiger partial charge < -0.3 is 68.6 Å². The van der Waals surface area contributed by atoms with Gasteiger partial charge in [-0.2, -0.15) is 0 Å². The van der Waals surface area contributed by atoms with Crippen LogP contribution in [0.25, 0.3) is 0 Å². The molecule has 8 bridgehead atoms. The molecule has 12 fully saturated rings. The first-order valence-electron chi connectivity index (χ1n) is 15.7. The molecule has 18 heteroatoms. The molecule has 0 aromatic carbocycles. The summed E-state index contributed by atoms with van der Waals surface area (Å²) in [5, 5.41) is 10.9. The Labute approximate surface area is 266 Å². The molecule has 12 aliphatic heterocycles. The van der Waals surface area contributed by atoms with Crippen molar-refractivity contribution in [2.75, 3.05) is 79.0 Å². The Morgan fingerprint density at radius 2 is 0.630 bits per heavy atom. The van der Waals surface area contributed by atoms with Crippen molar-refractivity contribution >= 4 is 23.6 Å². The lowest BCUT2D eigenvalue weighted by molar-refractivity contribution is -0.337. The van der Waals surface area contributed by atoms with Gasteiger partial charge in [-0.05, 0) is 0 Å². The van der Waals surface area contributed by atoms with Crippen molar-refractivity contribution in [3.8, 4) is 0 Å². The van der Waals surface area contributed by atoms with Crippen molar-refractivity contribution in [1.29, 1.82) is 0 Å². The van der Waals surface area contributed by atoms with E-state index in [9.17, 15) is 19.2 Å². The van der Waals surface area contributed by atoms with Crippen molar-refractivity contribution in [3.63, 3.8) is 0 Å². The molecule has 0 spiro atoms. The Balaban J connectivity index is 1.05. The Kier molecular flexibility index (Phi) is 13.7. The summed E-state index contributed by atoms with van der Waals surface area (Å²) in [7, 11) is 0. The number of ether oxygens (including phenoxy) is 10. The molecule has 12 aliphatic rings. The lowest BCUT2D eigenvalue weighted by Gasteiger charge is -2.41. The minimum absolute atomic E-state index is 0.272. The molecule has 0 saturated carbocycles. The van der Waals surface area contributed by atoms with Crippen molar-refractivity contribution in [2.24, 2.45) is 0 Å². The zero-order valence-electron chi connectivity index (χ0n) is 25.6. The van der Waals surface area contributed by atoms with Crippen LogP contribution >= 0.6 is 0 Å². The van der Waals surface area contributed by atoms with Crippen LogP contribution in [-0.2, 0) is 66.5 Å². The first-order chi connectivity index (χ1) is 22.4. The molecule has 0 unspecified atom stereocenters. The summed E-state index contributed by atoms with van der Waals surface area (Å²) in [6.07, 6.45) is -1.86. The highest BCUT2D eigenvalue weighted by molar-refractivity contribution is 5.80. The van der Waals surface area contributed by atoms with Gasteiger partial charge >= 0.3 is 0 Å². The monoisotopic (exact) mass is 660 g/mol. The molecule has 0 aliphatic carbocycles. The molecule has 4 amide bonds. The second-order valence-electron chi connectivity index (χ2n) is 11.3. The summed E-state index contributed by atoms with van der Waals surface area (Å²) in [4.78, 5) is 48.5. The molecule has 12 saturated heterocycles. The quantitative estimate of drug-likeness (QED) is 0.205. The smallest absolute Gasteiger partial charge is 0.246 e. The summed E-state index contributed by atoms with van der Waals surface area (Å²) < 4.78 is 57.1. The number of nitrogens with one attached hydrogen (secondary N) is 4. The Morgan fingerprint density at radius 3 is 0.870 bits per heavy atom. The number of rotatable bonds is 0. The third-order valence-electron chi connectivity index (χ3n) is 7.66. The van der Waals surface area contributed by atoms with Gasteiger partial charge in [-0.1, -0.05) is 0 Å². The number of amides is 4. The van der Waals surface area contributed by atoms with Gasteiger partial charge in [0.2, 0.25) is 23.6 Å². The van der Waals surface area contributed by atoms with Gasteiger partial charge in [-0.15, -0.1) is 0 Å². The van der Waals surface area contributed by atoms with Crippen LogP contribution in [0.3, 0.4) is 0 Å². The first kappa shape index (κ1) is 34.8. The average molecular weight is 661 g/mol. The van der Waals surface area contributed by atoms with Crippen molar-refractivity contribution in [1.82, 2.24) is 21.3 Å². The fourth-order valence-electron chi connectivity index (χ4n) is 5.28. The van der Waals surface area contributed by atoms with Crippen LogP contribution < -0.4 is 21.3 Å². The van der Waals surface area contributed by atoms with Gasteiger partial charge in [0.25, 0.3) is 0 Å². The number of carbonyl (C=O) groups is 4. The maximum Gasteiger partial charge on any atom is 0.246 e. The molecule has 18 nitrogen and oxygen atoms in total. The van der Waals surface area contributed by atoms with Crippen LogP contribution in [0.5, 0.6) is 0 Å². The Bertz CT molecular complexity index is 869. The number of hydrogen-bond donors (Lipinski definition) is 4. The predicted molar refractivity (Wildman–Crippen MR) is 151 cm³/mol. The summed E-state index contributed by atoms with van der Waals surface area (Å²) >= 11 is 0. The van der Waals surface area contributed by atoms with E-state index in [0.717, 1.165) is 0 Å². The fourth-order valence-corrected chi connectivity index (χ4v) is 5.28. The van der Waals surface area contributed by atoms with E-state index >= 15 is 0 Å². The number of hydrogen-bond acceptors (Lipinski definition) is 14. The highest BCUT2D eigenvalue weighted by atomic mass is 16.8. The molecule has 0 radical (unpaired) electrons. The molecule has 0 aromatic heterocycles. The predicted octanol–water partition coefficient (Wildman–Crippen LogP) is -2.98. The Morgan fingerprint density at radius 1 is 0.391 bits per heavy atom.